The number of hydrogen-bond donors (Lipinski definition) is 3. The summed E-state index contributed by atoms with van der Waals surface area (Å²) in [6.07, 6.45) is -0.126. The van der Waals surface area contributed by atoms with E-state index in [9.17, 15) is 14.4 Å². The molecule has 2 aliphatic rings. The third-order valence-corrected chi connectivity index (χ3v) is 4.38. The highest BCUT2D eigenvalue weighted by molar-refractivity contribution is 5.98. The molecule has 0 aromatic carbocycles. The van der Waals surface area contributed by atoms with Gasteiger partial charge in [0.25, 0.3) is 5.91 Å². The predicted octanol–water partition coefficient (Wildman–Crippen LogP) is 0.762. The van der Waals surface area contributed by atoms with E-state index < -0.39 is 17.2 Å². The topological polar surface area (TPSA) is 136 Å². The molecule has 1 unspecified atom stereocenters. The van der Waals surface area contributed by atoms with E-state index >= 15 is 0 Å². The number of carbonyl (C=O) groups excluding carboxylic acids is 3. The van der Waals surface area contributed by atoms with Crippen LogP contribution in [0.1, 0.15) is 33.6 Å². The molecule has 152 valence electrons. The fourth-order valence-corrected chi connectivity index (χ4v) is 3.25. The third-order valence-electron chi connectivity index (χ3n) is 4.38. The van der Waals surface area contributed by atoms with Gasteiger partial charge in [-0.15, -0.1) is 0 Å². The first-order chi connectivity index (χ1) is 13.1. The van der Waals surface area contributed by atoms with Crippen molar-refractivity contribution in [2.75, 3.05) is 29.9 Å². The number of hydrogen-bond acceptors (Lipinski definition) is 7. The monoisotopic (exact) mass is 391 g/mol. The van der Waals surface area contributed by atoms with Gasteiger partial charge in [0.2, 0.25) is 5.91 Å². The first-order valence-corrected chi connectivity index (χ1v) is 9.06. The number of nitrogens with zero attached hydrogens (tertiary/aromatic N) is 2. The summed E-state index contributed by atoms with van der Waals surface area (Å²) in [5.41, 5.74) is 4.22. The number of nitrogens with one attached hydrogen (secondary N) is 2. The van der Waals surface area contributed by atoms with Gasteiger partial charge >= 0.3 is 6.09 Å². The summed E-state index contributed by atoms with van der Waals surface area (Å²) in [7, 11) is 0. The van der Waals surface area contributed by atoms with Crippen molar-refractivity contribution in [3.63, 3.8) is 0 Å². The van der Waals surface area contributed by atoms with Crippen molar-refractivity contribution in [2.24, 2.45) is 5.73 Å². The second-order valence-corrected chi connectivity index (χ2v) is 7.96. The van der Waals surface area contributed by atoms with Gasteiger partial charge in [0.15, 0.2) is 18.2 Å². The quantitative estimate of drug-likeness (QED) is 0.689. The Morgan fingerprint density at radius 2 is 2.18 bits per heavy atom. The number of alkyl carbamates (subject to hydrolysis) is 1. The van der Waals surface area contributed by atoms with Crippen LogP contribution >= 0.6 is 0 Å². The number of fused-ring (bicyclic) bond motifs is 1. The number of nitrogens with two attached hydrogens (primary N) is 1. The number of carbonyl (C=O) groups is 3. The van der Waals surface area contributed by atoms with Crippen LogP contribution in [0.25, 0.3) is 0 Å². The molecule has 1 atom stereocenters. The molecule has 3 heterocycles. The van der Waals surface area contributed by atoms with Gasteiger partial charge in [0.05, 0.1) is 18.5 Å². The van der Waals surface area contributed by atoms with Crippen molar-refractivity contribution in [3.8, 4) is 5.75 Å². The van der Waals surface area contributed by atoms with Crippen molar-refractivity contribution < 1.29 is 23.9 Å². The fraction of sp³-hybridized carbons (Fsp3) is 0.556. The minimum absolute atomic E-state index is 0.0733. The van der Waals surface area contributed by atoms with Crippen LogP contribution in [0.15, 0.2) is 12.1 Å². The molecule has 3 rings (SSSR count). The number of amides is 3. The first-order valence-electron chi connectivity index (χ1n) is 9.06. The molecule has 0 bridgehead atoms. The molecule has 10 heteroatoms. The van der Waals surface area contributed by atoms with E-state index in [1.165, 1.54) is 4.90 Å². The highest BCUT2D eigenvalue weighted by Crippen LogP contribution is 2.33. The van der Waals surface area contributed by atoms with Crippen LogP contribution in [0.3, 0.4) is 0 Å². The maximum atomic E-state index is 12.7. The molecule has 0 spiro atoms. The number of anilines is 2. The third kappa shape index (κ3) is 4.33. The lowest BCUT2D eigenvalue weighted by Gasteiger charge is -2.31. The lowest BCUT2D eigenvalue weighted by atomic mass is 9.94. The van der Waals surface area contributed by atoms with Crippen LogP contribution in [0.2, 0.25) is 0 Å². The van der Waals surface area contributed by atoms with E-state index in [1.807, 2.05) is 0 Å². The molecule has 1 fully saturated rings. The second-order valence-electron chi connectivity index (χ2n) is 7.96. The summed E-state index contributed by atoms with van der Waals surface area (Å²) in [6.45, 7) is 5.71. The number of aromatic nitrogens is 1. The maximum Gasteiger partial charge on any atom is 0.408 e. The maximum absolute atomic E-state index is 12.7. The molecular weight excluding hydrogens is 366 g/mol. The van der Waals surface area contributed by atoms with Crippen molar-refractivity contribution >= 4 is 29.5 Å². The van der Waals surface area contributed by atoms with Crippen LogP contribution in [0.4, 0.5) is 16.4 Å². The van der Waals surface area contributed by atoms with E-state index in [4.69, 9.17) is 15.2 Å². The van der Waals surface area contributed by atoms with Gasteiger partial charge in [0, 0.05) is 0 Å². The van der Waals surface area contributed by atoms with Gasteiger partial charge < -0.3 is 25.8 Å². The molecule has 10 nitrogen and oxygen atoms in total. The molecule has 1 aromatic heterocycles. The minimum Gasteiger partial charge on any atom is -0.480 e. The summed E-state index contributed by atoms with van der Waals surface area (Å²) in [6, 6.07) is 3.29. The molecule has 28 heavy (non-hydrogen) atoms. The molecule has 0 saturated carbocycles. The van der Waals surface area contributed by atoms with E-state index in [2.05, 4.69) is 15.6 Å². The Kier molecular flexibility index (Phi) is 5.16. The van der Waals surface area contributed by atoms with Crippen molar-refractivity contribution in [2.45, 2.75) is 44.8 Å². The summed E-state index contributed by atoms with van der Waals surface area (Å²) in [5.74, 6) is 0.543. The van der Waals surface area contributed by atoms with Gasteiger partial charge in [-0.25, -0.2) is 9.78 Å². The largest absolute Gasteiger partial charge is 0.480 e. The van der Waals surface area contributed by atoms with Crippen molar-refractivity contribution in [3.05, 3.63) is 12.1 Å². The first kappa shape index (κ1) is 19.9. The molecule has 1 aromatic rings. The Morgan fingerprint density at radius 1 is 1.43 bits per heavy atom. The standard InChI is InChI=1S/C18H25N5O5/c1-17(2,3)28-16(26)22-18(6-7-19)8-14(25)23(10-18)12-5-4-11-15(20-12)21-13(24)9-27-11/h4-5H,6-10,19H2,1-3H3,(H,22,26)(H,20,21,24). The Morgan fingerprint density at radius 3 is 2.86 bits per heavy atom. The average molecular weight is 391 g/mol. The van der Waals surface area contributed by atoms with Crippen LogP contribution < -0.4 is 26.0 Å². The molecule has 0 radical (unpaired) electrons. The van der Waals surface area contributed by atoms with E-state index in [0.29, 0.717) is 24.5 Å². The Hall–Kier alpha value is -2.88. The van der Waals surface area contributed by atoms with E-state index in [0.717, 1.165) is 0 Å². The zero-order valence-electron chi connectivity index (χ0n) is 16.2. The Labute approximate surface area is 162 Å². The lowest BCUT2D eigenvalue weighted by molar-refractivity contribution is -0.119. The number of pyridine rings is 1. The van der Waals surface area contributed by atoms with Crippen LogP contribution in [-0.4, -0.2) is 53.7 Å². The van der Waals surface area contributed by atoms with Crippen LogP contribution in [0.5, 0.6) is 5.75 Å². The predicted molar refractivity (Wildman–Crippen MR) is 101 cm³/mol. The van der Waals surface area contributed by atoms with E-state index in [-0.39, 0.29) is 37.2 Å². The average Bonchev–Trinajstić information content (AvgIpc) is 2.88. The highest BCUT2D eigenvalue weighted by atomic mass is 16.6. The zero-order chi connectivity index (χ0) is 20.5. The Bertz CT molecular complexity index is 806. The molecule has 4 N–H and O–H groups in total. The smallest absolute Gasteiger partial charge is 0.408 e. The number of rotatable bonds is 4. The zero-order valence-corrected chi connectivity index (χ0v) is 16.2. The second kappa shape index (κ2) is 7.27. The molecule has 1 saturated heterocycles. The molecule has 2 aliphatic heterocycles. The highest BCUT2D eigenvalue weighted by Gasteiger charge is 2.45. The minimum atomic E-state index is -0.856. The normalized spacial score (nSPS) is 21.6. The molecule has 0 aliphatic carbocycles. The van der Waals surface area contributed by atoms with E-state index in [1.54, 1.807) is 32.9 Å². The lowest BCUT2D eigenvalue weighted by Crippen LogP contribution is -2.53. The molecular formula is C18H25N5O5. The van der Waals surface area contributed by atoms with Gasteiger partial charge in [-0.3, -0.25) is 14.5 Å². The van der Waals surface area contributed by atoms with Gasteiger partial charge in [-0.1, -0.05) is 0 Å². The number of ether oxygens (including phenoxy) is 2. The van der Waals surface area contributed by atoms with Crippen molar-refractivity contribution in [1.82, 2.24) is 10.3 Å². The summed E-state index contributed by atoms with van der Waals surface area (Å²) >= 11 is 0. The van der Waals surface area contributed by atoms with Gasteiger partial charge in [-0.2, -0.15) is 0 Å². The van der Waals surface area contributed by atoms with Crippen LogP contribution in [-0.2, 0) is 14.3 Å². The van der Waals surface area contributed by atoms with Crippen LogP contribution in [0, 0.1) is 0 Å². The van der Waals surface area contributed by atoms with Gasteiger partial charge in [0.1, 0.15) is 11.4 Å². The fourth-order valence-electron chi connectivity index (χ4n) is 3.25. The summed E-state index contributed by atoms with van der Waals surface area (Å²) < 4.78 is 10.6. The molecule has 3 amide bonds. The van der Waals surface area contributed by atoms with Crippen molar-refractivity contribution in [1.29, 1.82) is 0 Å². The SMILES string of the molecule is CC(C)(C)OC(=O)NC1(CCN)CC(=O)N(c2ccc3c(n2)NC(=O)CO3)C1. The summed E-state index contributed by atoms with van der Waals surface area (Å²) in [4.78, 5) is 42.3. The van der Waals surface area contributed by atoms with Gasteiger partial charge in [-0.05, 0) is 45.9 Å². The summed E-state index contributed by atoms with van der Waals surface area (Å²) in [5, 5.41) is 5.44. The Balaban J connectivity index is 1.81.